The first-order chi connectivity index (χ1) is 45.1. The second-order valence-corrected chi connectivity index (χ2v) is 26.5. The Labute approximate surface area is 550 Å². The number of hydrogen-bond acceptors (Lipinski definition) is 6. The van der Waals surface area contributed by atoms with Gasteiger partial charge in [-0.1, -0.05) is 182 Å². The number of aromatic nitrogens is 8. The molecule has 490 valence electrons. The number of H-pyrrole nitrogens is 2. The lowest BCUT2D eigenvalue weighted by atomic mass is 10.0. The number of unbranched alkanes of at least 4 members (excludes halogenated alkanes) is 20. The fourth-order valence-corrected chi connectivity index (χ4v) is 13.4. The number of fused-ring (bicyclic) bond motifs is 8. The summed E-state index contributed by atoms with van der Waals surface area (Å²) >= 11 is 0. The predicted octanol–water partition coefficient (Wildman–Crippen LogP) is 16.9. The summed E-state index contributed by atoms with van der Waals surface area (Å²) in [5.41, 5.74) is 14.6. The number of nitrogens with one attached hydrogen (secondary N) is 2. The lowest BCUT2D eigenvalue weighted by Gasteiger charge is -2.09. The van der Waals surface area contributed by atoms with Gasteiger partial charge in [0.25, 0.3) is 0 Å². The van der Waals surface area contributed by atoms with E-state index in [1.807, 2.05) is 0 Å². The van der Waals surface area contributed by atoms with Crippen LogP contribution in [0.3, 0.4) is 0 Å². The van der Waals surface area contributed by atoms with Crippen LogP contribution in [-0.4, -0.2) is 64.8 Å². The van der Waals surface area contributed by atoms with E-state index < -0.39 is 24.4 Å². The van der Waals surface area contributed by atoms with Crippen LogP contribution in [0.15, 0.2) is 122 Å². The second-order valence-electron chi connectivity index (χ2n) is 26.5. The van der Waals surface area contributed by atoms with E-state index in [0.717, 1.165) is 166 Å². The Morgan fingerprint density at radius 2 is 0.500 bits per heavy atom. The first-order valence-electron chi connectivity index (χ1n) is 36.0. The SMILES string of the molecule is CCCCCCCCC(O)C[n+]1ccc(-c2c3nc(c(-c4cc[n+](CC(O)CCCCCCCC)cc4)c4ccc([nH]4)c(-c4cc[n+](CC(O)CCCCCCCC)cc4)c4ccc([nH]4)c(-c4cc[n+](CC(O)CCCCCCCC)cc4)c4nc2C=C4)C=C3)cc1. The van der Waals surface area contributed by atoms with Crippen LogP contribution in [-0.2, 0) is 26.2 Å². The zero-order valence-corrected chi connectivity index (χ0v) is 56.3. The van der Waals surface area contributed by atoms with Gasteiger partial charge in [-0.3, -0.25) is 0 Å². The Morgan fingerprint density at radius 1 is 0.283 bits per heavy atom. The summed E-state index contributed by atoms with van der Waals surface area (Å²) in [7, 11) is 0. The lowest BCUT2D eigenvalue weighted by Crippen LogP contribution is -2.39. The highest BCUT2D eigenvalue weighted by Gasteiger charge is 2.23. The van der Waals surface area contributed by atoms with Crippen LogP contribution in [0.5, 0.6) is 0 Å². The highest BCUT2D eigenvalue weighted by molar-refractivity contribution is 6.00. The van der Waals surface area contributed by atoms with Crippen LogP contribution in [0.2, 0.25) is 0 Å². The van der Waals surface area contributed by atoms with Crippen molar-refractivity contribution < 1.29 is 38.7 Å². The molecule has 2 aliphatic heterocycles. The molecule has 7 aromatic heterocycles. The van der Waals surface area contributed by atoms with Crippen molar-refractivity contribution in [2.24, 2.45) is 0 Å². The molecular weight excluding hydrogens is 1140 g/mol. The first kappa shape index (κ1) is 69.4. The minimum Gasteiger partial charge on any atom is -0.387 e. The summed E-state index contributed by atoms with van der Waals surface area (Å²) in [6, 6.07) is 25.8. The number of rotatable bonds is 40. The van der Waals surface area contributed by atoms with Crippen molar-refractivity contribution in [1.82, 2.24) is 19.9 Å². The lowest BCUT2D eigenvalue weighted by molar-refractivity contribution is -0.703. The summed E-state index contributed by atoms with van der Waals surface area (Å²) in [4.78, 5) is 19.1. The molecule has 0 radical (unpaired) electrons. The van der Waals surface area contributed by atoms with Gasteiger partial charge < -0.3 is 30.4 Å². The molecule has 0 fully saturated rings. The molecule has 0 saturated carbocycles. The highest BCUT2D eigenvalue weighted by Crippen LogP contribution is 2.38. The number of aliphatic hydroxyl groups is 4. The standard InChI is InChI=1S/C80H109N8O4/c1-5-9-13-17-21-25-29-65(89)57-85-49-41-61(42-50-85)77-69-33-35-71(81-69)78(62-43-51-86(52-44-62)58-66(90)30-26-22-18-14-10-6-2)73-37-39-75(83-73)80(64-47-55-88(56-48-64)60-68(92)32-28-24-20-16-12-8-4)76-40-38-74(84-76)79(72-36-34-70(77)82-72)63-45-53-87(54-46-63)59-67(91)31-27-23-19-15-11-7-3/h33-56,65-68,89-92H,5-32,57-60H2,1-4H3,(H,81,82,83,84)/q+3/p+1. The molecule has 12 nitrogen and oxygen atoms in total. The van der Waals surface area contributed by atoms with Gasteiger partial charge in [-0.2, -0.15) is 0 Å². The Kier molecular flexibility index (Phi) is 28.0. The molecule has 7 aromatic rings. The monoisotopic (exact) mass is 1250 g/mol. The molecule has 9 rings (SSSR count). The molecule has 8 bridgehead atoms. The van der Waals surface area contributed by atoms with Crippen LogP contribution in [0.1, 0.15) is 230 Å². The third-order valence-corrected chi connectivity index (χ3v) is 18.7. The van der Waals surface area contributed by atoms with Gasteiger partial charge in [0.2, 0.25) is 0 Å². The minimum absolute atomic E-state index is 0.425. The maximum atomic E-state index is 11.2. The van der Waals surface area contributed by atoms with Gasteiger partial charge in [0.05, 0.1) is 22.8 Å². The van der Waals surface area contributed by atoms with E-state index >= 15 is 0 Å². The van der Waals surface area contributed by atoms with Crippen molar-refractivity contribution in [3.05, 3.63) is 145 Å². The van der Waals surface area contributed by atoms with E-state index in [4.69, 9.17) is 9.97 Å². The molecule has 0 aliphatic carbocycles. The topological polar surface area (TPSA) is 154 Å². The summed E-state index contributed by atoms with van der Waals surface area (Å²) in [5, 5.41) is 44.8. The molecular formula is C80H110N8O4+4. The molecule has 0 amide bonds. The van der Waals surface area contributed by atoms with Gasteiger partial charge >= 0.3 is 0 Å². The Hall–Kier alpha value is -6.96. The van der Waals surface area contributed by atoms with Crippen LogP contribution < -0.4 is 18.3 Å². The quantitative estimate of drug-likeness (QED) is 0.0166. The van der Waals surface area contributed by atoms with E-state index in [9.17, 15) is 20.4 Å². The zero-order valence-electron chi connectivity index (χ0n) is 56.3. The molecule has 0 saturated heterocycles. The maximum Gasteiger partial charge on any atom is 0.174 e. The van der Waals surface area contributed by atoms with Gasteiger partial charge in [0, 0.05) is 92.9 Å². The Bertz CT molecular complexity index is 3400. The number of aliphatic hydroxyl groups excluding tert-OH is 4. The van der Waals surface area contributed by atoms with E-state index in [0.29, 0.717) is 26.2 Å². The van der Waals surface area contributed by atoms with Crippen molar-refractivity contribution in [3.63, 3.8) is 0 Å². The molecule has 6 N–H and O–H groups in total. The van der Waals surface area contributed by atoms with E-state index in [1.54, 1.807) is 0 Å². The van der Waals surface area contributed by atoms with Crippen molar-refractivity contribution >= 4 is 46.4 Å². The summed E-state index contributed by atoms with van der Waals surface area (Å²) in [5.74, 6) is 0. The molecule has 12 heteroatoms. The Morgan fingerprint density at radius 3 is 0.772 bits per heavy atom. The van der Waals surface area contributed by atoms with E-state index in [2.05, 4.69) is 203 Å². The van der Waals surface area contributed by atoms with Crippen LogP contribution in [0.25, 0.3) is 90.9 Å². The average Bonchev–Trinajstić information content (AvgIpc) is 1.64. The first-order valence-corrected chi connectivity index (χ1v) is 36.0. The largest absolute Gasteiger partial charge is 0.387 e. The van der Waals surface area contributed by atoms with Gasteiger partial charge in [0.1, 0.15) is 24.4 Å². The van der Waals surface area contributed by atoms with Gasteiger partial charge in [-0.25, -0.2) is 28.2 Å². The molecule has 0 aromatic carbocycles. The molecule has 2 aliphatic rings. The second kappa shape index (κ2) is 37.1. The maximum absolute atomic E-state index is 11.2. The van der Waals surface area contributed by atoms with Gasteiger partial charge in [-0.15, -0.1) is 0 Å². The third kappa shape index (κ3) is 20.5. The summed E-state index contributed by atoms with van der Waals surface area (Å²) in [6.07, 6.45) is 55.2. The number of aromatic amines is 2. The highest BCUT2D eigenvalue weighted by atomic mass is 16.3. The average molecular weight is 1250 g/mol. The predicted molar refractivity (Wildman–Crippen MR) is 377 cm³/mol. The van der Waals surface area contributed by atoms with Crippen LogP contribution in [0.4, 0.5) is 0 Å². The molecule has 0 spiro atoms. The van der Waals surface area contributed by atoms with E-state index in [1.165, 1.54) is 103 Å². The van der Waals surface area contributed by atoms with Gasteiger partial charge in [-0.05, 0) is 96.5 Å². The van der Waals surface area contributed by atoms with Crippen molar-refractivity contribution in [2.75, 3.05) is 0 Å². The molecule has 92 heavy (non-hydrogen) atoms. The van der Waals surface area contributed by atoms with E-state index in [-0.39, 0.29) is 0 Å². The summed E-state index contributed by atoms with van der Waals surface area (Å²) < 4.78 is 8.37. The zero-order chi connectivity index (χ0) is 64.3. The van der Waals surface area contributed by atoms with Gasteiger partial charge in [0.15, 0.2) is 75.8 Å². The normalized spacial score (nSPS) is 13.5. The summed E-state index contributed by atoms with van der Waals surface area (Å²) in [6.45, 7) is 11.1. The Balaban J connectivity index is 1.16. The minimum atomic E-state index is -0.432. The molecule has 4 atom stereocenters. The number of pyridine rings is 4. The fourth-order valence-electron chi connectivity index (χ4n) is 13.4. The van der Waals surface area contributed by atoms with Crippen molar-refractivity contribution in [2.45, 2.75) is 258 Å². The van der Waals surface area contributed by atoms with Crippen LogP contribution >= 0.6 is 0 Å². The van der Waals surface area contributed by atoms with Crippen molar-refractivity contribution in [1.29, 1.82) is 0 Å². The number of hydrogen-bond donors (Lipinski definition) is 6. The molecule has 4 unspecified atom stereocenters. The third-order valence-electron chi connectivity index (χ3n) is 18.7. The fraction of sp³-hybridized carbons (Fsp3) is 0.500. The molecule has 9 heterocycles. The number of nitrogens with zero attached hydrogens (tertiary/aromatic N) is 6. The smallest absolute Gasteiger partial charge is 0.174 e. The van der Waals surface area contributed by atoms with Crippen molar-refractivity contribution in [3.8, 4) is 44.5 Å². The van der Waals surface area contributed by atoms with Crippen LogP contribution in [0, 0.1) is 0 Å².